The second kappa shape index (κ2) is 6.57. The van der Waals surface area contributed by atoms with Crippen LogP contribution in [0, 0.1) is 5.92 Å². The van der Waals surface area contributed by atoms with E-state index in [4.69, 9.17) is 14.6 Å². The fourth-order valence-electron chi connectivity index (χ4n) is 2.45. The zero-order valence-electron chi connectivity index (χ0n) is 11.2. The lowest BCUT2D eigenvalue weighted by molar-refractivity contribution is -0.143. The topological polar surface area (TPSA) is 55.8 Å². The van der Waals surface area contributed by atoms with Gasteiger partial charge in [0.2, 0.25) is 0 Å². The van der Waals surface area contributed by atoms with Crippen LogP contribution in [0.3, 0.4) is 0 Å². The summed E-state index contributed by atoms with van der Waals surface area (Å²) in [5.74, 6) is -0.0291. The molecule has 0 spiro atoms. The van der Waals surface area contributed by atoms with Gasteiger partial charge in [0.25, 0.3) is 0 Å². The zero-order valence-corrected chi connectivity index (χ0v) is 11.2. The molecule has 19 heavy (non-hydrogen) atoms. The Bertz CT molecular complexity index is 422. The number of rotatable bonds is 5. The van der Waals surface area contributed by atoms with Crippen LogP contribution in [0.5, 0.6) is 5.75 Å². The maximum absolute atomic E-state index is 10.9. The van der Waals surface area contributed by atoms with Crippen LogP contribution < -0.4 is 4.74 Å². The number of hydrogen-bond donors (Lipinski definition) is 1. The van der Waals surface area contributed by atoms with Crippen molar-refractivity contribution in [3.05, 3.63) is 29.8 Å². The van der Waals surface area contributed by atoms with Crippen LogP contribution in [0.2, 0.25) is 0 Å². The third-order valence-corrected chi connectivity index (χ3v) is 3.64. The van der Waals surface area contributed by atoms with Gasteiger partial charge in [0.1, 0.15) is 5.75 Å². The van der Waals surface area contributed by atoms with Gasteiger partial charge in [-0.1, -0.05) is 12.1 Å². The van der Waals surface area contributed by atoms with E-state index in [1.165, 1.54) is 0 Å². The van der Waals surface area contributed by atoms with Crippen molar-refractivity contribution in [1.82, 2.24) is 0 Å². The van der Waals surface area contributed by atoms with Crippen LogP contribution in [-0.4, -0.2) is 24.3 Å². The molecule has 1 aromatic rings. The Morgan fingerprint density at radius 2 is 2.05 bits per heavy atom. The molecule has 2 rings (SSSR count). The van der Waals surface area contributed by atoms with Gasteiger partial charge in [-0.2, -0.15) is 0 Å². The fraction of sp³-hybridized carbons (Fsp3) is 0.533. The molecule has 1 fully saturated rings. The Morgan fingerprint density at radius 3 is 2.68 bits per heavy atom. The summed E-state index contributed by atoms with van der Waals surface area (Å²) in [5, 5.41) is 8.94. The Kier molecular flexibility index (Phi) is 4.80. The van der Waals surface area contributed by atoms with E-state index >= 15 is 0 Å². The Morgan fingerprint density at radius 1 is 1.32 bits per heavy atom. The summed E-state index contributed by atoms with van der Waals surface area (Å²) in [6.45, 7) is 0.555. The number of carboxylic acid groups (broad SMARTS) is 1. The smallest absolute Gasteiger partial charge is 0.306 e. The first-order valence-corrected chi connectivity index (χ1v) is 6.66. The molecule has 0 radical (unpaired) electrons. The molecule has 0 saturated heterocycles. The predicted molar refractivity (Wildman–Crippen MR) is 71.2 cm³/mol. The summed E-state index contributed by atoms with van der Waals surface area (Å²) < 4.78 is 11.0. The van der Waals surface area contributed by atoms with Crippen molar-refractivity contribution in [2.24, 2.45) is 5.92 Å². The minimum atomic E-state index is -0.675. The molecule has 0 unspecified atom stereocenters. The molecular formula is C15H20O4. The summed E-state index contributed by atoms with van der Waals surface area (Å²) in [7, 11) is 1.65. The molecule has 1 aromatic carbocycles. The van der Waals surface area contributed by atoms with Crippen molar-refractivity contribution in [2.75, 3.05) is 7.11 Å². The van der Waals surface area contributed by atoms with Gasteiger partial charge in [0.05, 0.1) is 25.7 Å². The lowest BCUT2D eigenvalue weighted by atomic mass is 9.87. The Balaban J connectivity index is 1.78. The van der Waals surface area contributed by atoms with Gasteiger partial charge in [-0.3, -0.25) is 4.79 Å². The maximum Gasteiger partial charge on any atom is 0.306 e. The molecule has 1 saturated carbocycles. The van der Waals surface area contributed by atoms with Crippen LogP contribution in [0.15, 0.2) is 24.3 Å². The average molecular weight is 264 g/mol. The molecule has 0 bridgehead atoms. The number of hydrogen-bond acceptors (Lipinski definition) is 3. The molecule has 0 aliphatic heterocycles. The minimum Gasteiger partial charge on any atom is -0.497 e. The van der Waals surface area contributed by atoms with Crippen LogP contribution in [0.25, 0.3) is 0 Å². The lowest BCUT2D eigenvalue weighted by Crippen LogP contribution is -2.25. The molecule has 1 N–H and O–H groups in total. The quantitative estimate of drug-likeness (QED) is 0.888. The Hall–Kier alpha value is -1.55. The van der Waals surface area contributed by atoms with Crippen LogP contribution in [0.4, 0.5) is 0 Å². The van der Waals surface area contributed by atoms with Gasteiger partial charge in [-0.05, 0) is 43.4 Å². The average Bonchev–Trinajstić information content (AvgIpc) is 2.46. The van der Waals surface area contributed by atoms with Gasteiger partial charge in [-0.25, -0.2) is 0 Å². The predicted octanol–water partition coefficient (Wildman–Crippen LogP) is 2.86. The third-order valence-electron chi connectivity index (χ3n) is 3.64. The van der Waals surface area contributed by atoms with E-state index in [9.17, 15) is 4.79 Å². The van der Waals surface area contributed by atoms with E-state index in [1.54, 1.807) is 7.11 Å². The first kappa shape index (κ1) is 13.9. The first-order chi connectivity index (χ1) is 9.19. The van der Waals surface area contributed by atoms with Gasteiger partial charge in [0, 0.05) is 0 Å². The maximum atomic E-state index is 10.9. The summed E-state index contributed by atoms with van der Waals surface area (Å²) in [5.41, 5.74) is 1.08. The second-order valence-corrected chi connectivity index (χ2v) is 4.97. The first-order valence-electron chi connectivity index (χ1n) is 6.66. The van der Waals surface area contributed by atoms with Crippen molar-refractivity contribution in [3.8, 4) is 5.75 Å². The summed E-state index contributed by atoms with van der Waals surface area (Å²) in [6, 6.07) is 7.81. The molecule has 1 aliphatic rings. The molecule has 0 atom stereocenters. The number of carboxylic acids is 1. The number of ether oxygens (including phenoxy) is 2. The van der Waals surface area contributed by atoms with Gasteiger partial charge in [0.15, 0.2) is 0 Å². The molecule has 0 aromatic heterocycles. The number of aliphatic carboxylic acids is 1. The lowest BCUT2D eigenvalue weighted by Gasteiger charge is -2.26. The second-order valence-electron chi connectivity index (χ2n) is 4.97. The molecule has 0 amide bonds. The Labute approximate surface area is 113 Å². The highest BCUT2D eigenvalue weighted by molar-refractivity contribution is 5.70. The summed E-state index contributed by atoms with van der Waals surface area (Å²) in [4.78, 5) is 10.9. The highest BCUT2D eigenvalue weighted by Crippen LogP contribution is 2.27. The fourth-order valence-corrected chi connectivity index (χ4v) is 2.45. The monoisotopic (exact) mass is 264 g/mol. The number of carbonyl (C=O) groups is 1. The molecule has 4 heteroatoms. The van der Waals surface area contributed by atoms with Crippen molar-refractivity contribution >= 4 is 5.97 Å². The largest absolute Gasteiger partial charge is 0.497 e. The van der Waals surface area contributed by atoms with Crippen molar-refractivity contribution < 1.29 is 19.4 Å². The standard InChI is InChI=1S/C15H20O4/c1-18-14-4-2-3-11(9-14)10-19-13-7-5-12(6-8-13)15(16)17/h2-4,9,12-13H,5-8,10H2,1H3,(H,16,17). The highest BCUT2D eigenvalue weighted by atomic mass is 16.5. The molecule has 104 valence electrons. The van der Waals surface area contributed by atoms with E-state index in [-0.39, 0.29) is 12.0 Å². The van der Waals surface area contributed by atoms with E-state index in [0.29, 0.717) is 6.61 Å². The van der Waals surface area contributed by atoms with Crippen molar-refractivity contribution in [1.29, 1.82) is 0 Å². The van der Waals surface area contributed by atoms with E-state index in [2.05, 4.69) is 0 Å². The molecular weight excluding hydrogens is 244 g/mol. The third kappa shape index (κ3) is 3.96. The van der Waals surface area contributed by atoms with Crippen molar-refractivity contribution in [2.45, 2.75) is 38.4 Å². The minimum absolute atomic E-state index is 0.182. The van der Waals surface area contributed by atoms with Crippen molar-refractivity contribution in [3.63, 3.8) is 0 Å². The van der Waals surface area contributed by atoms with E-state index < -0.39 is 5.97 Å². The summed E-state index contributed by atoms with van der Waals surface area (Å²) >= 11 is 0. The molecule has 4 nitrogen and oxygen atoms in total. The van der Waals surface area contributed by atoms with E-state index in [0.717, 1.165) is 37.0 Å². The number of methoxy groups -OCH3 is 1. The van der Waals surface area contributed by atoms with Crippen LogP contribution in [0.1, 0.15) is 31.2 Å². The van der Waals surface area contributed by atoms with Gasteiger partial charge in [-0.15, -0.1) is 0 Å². The highest BCUT2D eigenvalue weighted by Gasteiger charge is 2.26. The van der Waals surface area contributed by atoms with Gasteiger partial charge >= 0.3 is 5.97 Å². The van der Waals surface area contributed by atoms with Crippen LogP contribution in [-0.2, 0) is 16.1 Å². The molecule has 1 aliphatic carbocycles. The van der Waals surface area contributed by atoms with Crippen LogP contribution >= 0.6 is 0 Å². The number of benzene rings is 1. The SMILES string of the molecule is COc1cccc(COC2CCC(C(=O)O)CC2)c1. The zero-order chi connectivity index (χ0) is 13.7. The van der Waals surface area contributed by atoms with Gasteiger partial charge < -0.3 is 14.6 Å². The normalized spacial score (nSPS) is 23.0. The summed E-state index contributed by atoms with van der Waals surface area (Å²) in [6.07, 6.45) is 3.29. The van der Waals surface area contributed by atoms with E-state index in [1.807, 2.05) is 24.3 Å². The molecule has 0 heterocycles.